The molecular formula is C23H27NO5. The minimum Gasteiger partial charge on any atom is -0.497 e. The number of esters is 1. The lowest BCUT2D eigenvalue weighted by molar-refractivity contribution is -0.242. The Labute approximate surface area is 171 Å². The molecule has 3 unspecified atom stereocenters. The molecule has 0 bridgehead atoms. The van der Waals surface area contributed by atoms with Gasteiger partial charge in [0.15, 0.2) is 0 Å². The number of hydrogen-bond donors (Lipinski definition) is 1. The van der Waals surface area contributed by atoms with Gasteiger partial charge in [0.25, 0.3) is 0 Å². The maximum absolute atomic E-state index is 13.2. The molecule has 6 heteroatoms. The second-order valence-electron chi connectivity index (χ2n) is 8.25. The van der Waals surface area contributed by atoms with Gasteiger partial charge in [0.2, 0.25) is 5.79 Å². The second-order valence-corrected chi connectivity index (χ2v) is 8.25. The SMILES string of the molecule is COc1ccc(C2C(c3ccccc3)=NOC(C)(O)C2C(=O)OC(C)(C)C)cc1. The summed E-state index contributed by atoms with van der Waals surface area (Å²) in [5.74, 6) is -3.26. The summed E-state index contributed by atoms with van der Waals surface area (Å²) in [6, 6.07) is 16.8. The molecule has 1 aliphatic rings. The van der Waals surface area contributed by atoms with Crippen molar-refractivity contribution in [2.45, 2.75) is 45.0 Å². The largest absolute Gasteiger partial charge is 0.497 e. The number of methoxy groups -OCH3 is 1. The Hall–Kier alpha value is -2.86. The summed E-state index contributed by atoms with van der Waals surface area (Å²) in [6.07, 6.45) is 0. The van der Waals surface area contributed by atoms with E-state index in [0.29, 0.717) is 11.5 Å². The molecule has 29 heavy (non-hydrogen) atoms. The van der Waals surface area contributed by atoms with Crippen molar-refractivity contribution in [3.63, 3.8) is 0 Å². The summed E-state index contributed by atoms with van der Waals surface area (Å²) in [4.78, 5) is 18.6. The third-order valence-electron chi connectivity index (χ3n) is 4.74. The van der Waals surface area contributed by atoms with Gasteiger partial charge in [0, 0.05) is 6.92 Å². The average molecular weight is 397 g/mol. The molecule has 6 nitrogen and oxygen atoms in total. The van der Waals surface area contributed by atoms with Crippen molar-refractivity contribution < 1.29 is 24.2 Å². The van der Waals surface area contributed by atoms with Gasteiger partial charge in [-0.2, -0.15) is 0 Å². The fourth-order valence-corrected chi connectivity index (χ4v) is 3.45. The first-order chi connectivity index (χ1) is 13.6. The lowest BCUT2D eigenvalue weighted by Crippen LogP contribution is -2.51. The van der Waals surface area contributed by atoms with Crippen LogP contribution in [0.5, 0.6) is 5.75 Å². The molecule has 2 aromatic rings. The first-order valence-corrected chi connectivity index (χ1v) is 9.53. The zero-order valence-corrected chi connectivity index (χ0v) is 17.4. The van der Waals surface area contributed by atoms with Crippen LogP contribution in [0.3, 0.4) is 0 Å². The highest BCUT2D eigenvalue weighted by Gasteiger charge is 2.52. The Kier molecular flexibility index (Phi) is 5.66. The van der Waals surface area contributed by atoms with Crippen LogP contribution in [-0.4, -0.2) is 35.3 Å². The van der Waals surface area contributed by atoms with Crippen LogP contribution in [0, 0.1) is 5.92 Å². The molecule has 1 N–H and O–H groups in total. The van der Waals surface area contributed by atoms with E-state index in [1.165, 1.54) is 6.92 Å². The molecule has 0 spiro atoms. The average Bonchev–Trinajstić information content (AvgIpc) is 2.66. The van der Waals surface area contributed by atoms with E-state index in [0.717, 1.165) is 11.1 Å². The third kappa shape index (κ3) is 4.59. The van der Waals surface area contributed by atoms with Gasteiger partial charge in [-0.15, -0.1) is 0 Å². The van der Waals surface area contributed by atoms with Gasteiger partial charge < -0.3 is 19.4 Å². The van der Waals surface area contributed by atoms with E-state index in [4.69, 9.17) is 14.3 Å². The molecule has 0 radical (unpaired) electrons. The normalized spacial score (nSPS) is 24.3. The summed E-state index contributed by atoms with van der Waals surface area (Å²) >= 11 is 0. The van der Waals surface area contributed by atoms with E-state index >= 15 is 0 Å². The maximum Gasteiger partial charge on any atom is 0.317 e. The van der Waals surface area contributed by atoms with E-state index in [1.807, 2.05) is 54.6 Å². The van der Waals surface area contributed by atoms with Gasteiger partial charge in [-0.05, 0) is 44.0 Å². The van der Waals surface area contributed by atoms with Crippen molar-refractivity contribution in [1.29, 1.82) is 0 Å². The minimum absolute atomic E-state index is 0.549. The van der Waals surface area contributed by atoms with Crippen molar-refractivity contribution in [2.24, 2.45) is 11.1 Å². The standard InChI is InChI=1S/C23H27NO5/c1-22(2,3)28-21(25)19-18(15-11-13-17(27-5)14-12-15)20(24-29-23(19,4)26)16-9-7-6-8-10-16/h6-14,18-19,26H,1-5H3. The Morgan fingerprint density at radius 2 is 1.72 bits per heavy atom. The summed E-state index contributed by atoms with van der Waals surface area (Å²) in [5.41, 5.74) is 1.45. The Balaban J connectivity index is 2.14. The topological polar surface area (TPSA) is 77.4 Å². The number of nitrogens with zero attached hydrogens (tertiary/aromatic N) is 1. The molecule has 0 amide bonds. The Morgan fingerprint density at radius 3 is 2.28 bits per heavy atom. The van der Waals surface area contributed by atoms with Crippen molar-refractivity contribution in [3.05, 3.63) is 65.7 Å². The van der Waals surface area contributed by atoms with Crippen LogP contribution >= 0.6 is 0 Å². The highest BCUT2D eigenvalue weighted by atomic mass is 16.7. The molecule has 0 saturated heterocycles. The predicted molar refractivity (Wildman–Crippen MR) is 110 cm³/mol. The summed E-state index contributed by atoms with van der Waals surface area (Å²) in [5, 5.41) is 15.2. The number of rotatable bonds is 4. The zero-order valence-electron chi connectivity index (χ0n) is 17.4. The van der Waals surface area contributed by atoms with Crippen LogP contribution in [0.1, 0.15) is 44.7 Å². The first kappa shape index (κ1) is 20.9. The van der Waals surface area contributed by atoms with Crippen molar-refractivity contribution in [3.8, 4) is 5.75 Å². The highest BCUT2D eigenvalue weighted by Crippen LogP contribution is 2.42. The van der Waals surface area contributed by atoms with Crippen molar-refractivity contribution in [2.75, 3.05) is 7.11 Å². The number of oxime groups is 1. The number of carbonyl (C=O) groups excluding carboxylic acids is 1. The smallest absolute Gasteiger partial charge is 0.317 e. The van der Waals surface area contributed by atoms with E-state index < -0.39 is 29.2 Å². The van der Waals surface area contributed by atoms with E-state index in [9.17, 15) is 9.90 Å². The van der Waals surface area contributed by atoms with Crippen LogP contribution in [0.15, 0.2) is 59.8 Å². The van der Waals surface area contributed by atoms with Crippen LogP contribution in [0.2, 0.25) is 0 Å². The fourth-order valence-electron chi connectivity index (χ4n) is 3.45. The lowest BCUT2D eigenvalue weighted by atomic mass is 9.75. The minimum atomic E-state index is -1.83. The quantitative estimate of drug-likeness (QED) is 0.793. The fraction of sp³-hybridized carbons (Fsp3) is 0.391. The maximum atomic E-state index is 13.2. The number of benzene rings is 2. The van der Waals surface area contributed by atoms with Crippen LogP contribution < -0.4 is 4.74 Å². The molecule has 0 saturated carbocycles. The molecular weight excluding hydrogens is 370 g/mol. The molecule has 0 aliphatic carbocycles. The molecule has 154 valence electrons. The molecule has 2 aromatic carbocycles. The van der Waals surface area contributed by atoms with Crippen LogP contribution in [0.25, 0.3) is 0 Å². The zero-order chi connectivity index (χ0) is 21.2. The molecule has 3 atom stereocenters. The number of carbonyl (C=O) groups is 1. The molecule has 0 aromatic heterocycles. The molecule has 1 heterocycles. The van der Waals surface area contributed by atoms with Gasteiger partial charge in [-0.1, -0.05) is 47.6 Å². The molecule has 1 aliphatic heterocycles. The van der Waals surface area contributed by atoms with E-state index in [-0.39, 0.29) is 0 Å². The Bertz CT molecular complexity index is 882. The highest BCUT2D eigenvalue weighted by molar-refractivity contribution is 6.07. The molecule has 3 rings (SSSR count). The summed E-state index contributed by atoms with van der Waals surface area (Å²) < 4.78 is 10.9. The second kappa shape index (κ2) is 7.87. The van der Waals surface area contributed by atoms with Gasteiger partial charge >= 0.3 is 5.97 Å². The first-order valence-electron chi connectivity index (χ1n) is 9.53. The Morgan fingerprint density at radius 1 is 1.10 bits per heavy atom. The van der Waals surface area contributed by atoms with Crippen molar-refractivity contribution >= 4 is 11.7 Å². The monoisotopic (exact) mass is 397 g/mol. The predicted octanol–water partition coefficient (Wildman–Crippen LogP) is 3.88. The van der Waals surface area contributed by atoms with E-state index in [2.05, 4.69) is 5.16 Å². The third-order valence-corrected chi connectivity index (χ3v) is 4.74. The number of aliphatic hydroxyl groups is 1. The van der Waals surface area contributed by atoms with Crippen LogP contribution in [-0.2, 0) is 14.4 Å². The van der Waals surface area contributed by atoms with Gasteiger partial charge in [-0.3, -0.25) is 4.79 Å². The van der Waals surface area contributed by atoms with Crippen molar-refractivity contribution in [1.82, 2.24) is 0 Å². The summed E-state index contributed by atoms with van der Waals surface area (Å²) in [7, 11) is 1.59. The van der Waals surface area contributed by atoms with Gasteiger partial charge in [0.05, 0.1) is 18.7 Å². The van der Waals surface area contributed by atoms with Gasteiger partial charge in [-0.25, -0.2) is 0 Å². The lowest BCUT2D eigenvalue weighted by Gasteiger charge is -2.40. The summed E-state index contributed by atoms with van der Waals surface area (Å²) in [6.45, 7) is 6.80. The number of ether oxygens (including phenoxy) is 2. The number of hydrogen-bond acceptors (Lipinski definition) is 6. The molecule has 0 fully saturated rings. The van der Waals surface area contributed by atoms with E-state index in [1.54, 1.807) is 27.9 Å². The van der Waals surface area contributed by atoms with Gasteiger partial charge in [0.1, 0.15) is 17.3 Å². The van der Waals surface area contributed by atoms with Crippen LogP contribution in [0.4, 0.5) is 0 Å².